The van der Waals surface area contributed by atoms with Crippen molar-refractivity contribution in [3.05, 3.63) is 69.0 Å². The lowest BCUT2D eigenvalue weighted by molar-refractivity contribution is -0.116. The van der Waals surface area contributed by atoms with Gasteiger partial charge < -0.3 is 4.90 Å². The van der Waals surface area contributed by atoms with E-state index in [9.17, 15) is 18.4 Å². The number of anilines is 1. The molecule has 2 aromatic carbocycles. The third-order valence-corrected chi connectivity index (χ3v) is 4.62. The van der Waals surface area contributed by atoms with E-state index in [-0.39, 0.29) is 23.3 Å². The molecule has 1 heterocycles. The summed E-state index contributed by atoms with van der Waals surface area (Å²) in [4.78, 5) is 31.9. The van der Waals surface area contributed by atoms with Crippen molar-refractivity contribution in [2.24, 2.45) is 0 Å². The van der Waals surface area contributed by atoms with Crippen LogP contribution in [0.25, 0.3) is 10.9 Å². The van der Waals surface area contributed by atoms with E-state index in [4.69, 9.17) is 11.6 Å². The highest BCUT2D eigenvalue weighted by atomic mass is 35.5. The molecule has 0 radical (unpaired) electrons. The number of fused-ring (bicyclic) bond motifs is 1. The maximum Gasteiger partial charge on any atom is 0.281 e. The number of carbonyl (C=O) groups excluding carboxylic acids is 1. The zero-order chi connectivity index (χ0) is 21.1. The summed E-state index contributed by atoms with van der Waals surface area (Å²) >= 11 is 6.00. The van der Waals surface area contributed by atoms with Gasteiger partial charge in [0.15, 0.2) is 0 Å². The molecule has 9 heteroatoms. The Hall–Kier alpha value is -3.00. The number of rotatable bonds is 6. The number of hydrogen-bond donors (Lipinski definition) is 1. The summed E-state index contributed by atoms with van der Waals surface area (Å²) in [5.74, 6) is -1.92. The fraction of sp³-hybridized carbons (Fsp3) is 0.250. The molecule has 1 amide bonds. The molecule has 1 N–H and O–H groups in total. The Morgan fingerprint density at radius 2 is 1.79 bits per heavy atom. The monoisotopic (exact) mass is 420 g/mol. The van der Waals surface area contributed by atoms with Crippen LogP contribution in [-0.4, -0.2) is 28.7 Å². The van der Waals surface area contributed by atoms with E-state index in [0.29, 0.717) is 23.6 Å². The van der Waals surface area contributed by atoms with Crippen LogP contribution in [0.15, 0.2) is 41.2 Å². The van der Waals surface area contributed by atoms with Crippen molar-refractivity contribution in [1.29, 1.82) is 0 Å². The van der Waals surface area contributed by atoms with Gasteiger partial charge in [-0.3, -0.25) is 15.0 Å². The standard InChI is InChI=1S/C20H19ClF2N4O2/c1-3-26(4-2)20-24-17-6-5-13(21)10-16(17)19(29)27(20)25-18(28)9-12-7-14(22)11-15(23)8-12/h5-8,10-11H,3-4,9H2,1-2H3,(H,25,28). The molecule has 1 aromatic heterocycles. The number of aromatic nitrogens is 2. The van der Waals surface area contributed by atoms with Crippen LogP contribution in [0.4, 0.5) is 14.7 Å². The third-order valence-electron chi connectivity index (χ3n) is 4.38. The molecule has 3 aromatic rings. The molecule has 0 aliphatic heterocycles. The number of benzene rings is 2. The molecule has 152 valence electrons. The lowest BCUT2D eigenvalue weighted by Gasteiger charge is -2.24. The van der Waals surface area contributed by atoms with Gasteiger partial charge in [0, 0.05) is 24.2 Å². The van der Waals surface area contributed by atoms with E-state index in [1.54, 1.807) is 17.0 Å². The average Bonchev–Trinajstić information content (AvgIpc) is 2.65. The maximum atomic E-state index is 13.4. The summed E-state index contributed by atoms with van der Waals surface area (Å²) in [6.07, 6.45) is -0.313. The largest absolute Gasteiger partial charge is 0.341 e. The zero-order valence-electron chi connectivity index (χ0n) is 15.9. The smallest absolute Gasteiger partial charge is 0.281 e. The van der Waals surface area contributed by atoms with Crippen LogP contribution in [0.3, 0.4) is 0 Å². The summed E-state index contributed by atoms with van der Waals surface area (Å²) in [5.41, 5.74) is 2.59. The third kappa shape index (κ3) is 4.54. The van der Waals surface area contributed by atoms with Crippen LogP contribution in [0, 0.1) is 11.6 Å². The molecule has 29 heavy (non-hydrogen) atoms. The van der Waals surface area contributed by atoms with E-state index in [2.05, 4.69) is 10.4 Å². The van der Waals surface area contributed by atoms with E-state index < -0.39 is 23.1 Å². The minimum atomic E-state index is -0.782. The number of carbonyl (C=O) groups is 1. The molecule has 0 aliphatic rings. The Balaban J connectivity index is 2.03. The Bertz CT molecular complexity index is 1110. The molecule has 6 nitrogen and oxygen atoms in total. The molecule has 3 rings (SSSR count). The van der Waals surface area contributed by atoms with E-state index in [0.717, 1.165) is 22.9 Å². The molecule has 0 spiro atoms. The highest BCUT2D eigenvalue weighted by molar-refractivity contribution is 6.31. The van der Waals surface area contributed by atoms with E-state index in [1.165, 1.54) is 6.07 Å². The second-order valence-corrected chi connectivity index (χ2v) is 6.81. The molecule has 0 aliphatic carbocycles. The van der Waals surface area contributed by atoms with Crippen LogP contribution in [0.5, 0.6) is 0 Å². The van der Waals surface area contributed by atoms with Crippen molar-refractivity contribution in [2.75, 3.05) is 23.4 Å². The fourth-order valence-corrected chi connectivity index (χ4v) is 3.20. The number of amides is 1. The predicted octanol–water partition coefficient (Wildman–Crippen LogP) is 3.49. The average molecular weight is 421 g/mol. The predicted molar refractivity (Wildman–Crippen MR) is 109 cm³/mol. The molecular weight excluding hydrogens is 402 g/mol. The summed E-state index contributed by atoms with van der Waals surface area (Å²) in [6.45, 7) is 4.88. The first-order valence-corrected chi connectivity index (χ1v) is 9.42. The van der Waals surface area contributed by atoms with Crippen LogP contribution in [-0.2, 0) is 11.2 Å². The fourth-order valence-electron chi connectivity index (χ4n) is 3.03. The first kappa shape index (κ1) is 20.7. The first-order chi connectivity index (χ1) is 13.8. The summed E-state index contributed by atoms with van der Waals surface area (Å²) in [6, 6.07) is 7.59. The van der Waals surface area contributed by atoms with Crippen molar-refractivity contribution in [1.82, 2.24) is 9.66 Å². The Labute approximate surface area is 170 Å². The minimum Gasteiger partial charge on any atom is -0.341 e. The highest BCUT2D eigenvalue weighted by Crippen LogP contribution is 2.18. The minimum absolute atomic E-state index is 0.147. The Morgan fingerprint density at radius 3 is 2.41 bits per heavy atom. The second kappa shape index (κ2) is 8.57. The molecule has 0 atom stereocenters. The van der Waals surface area contributed by atoms with Crippen LogP contribution in [0.1, 0.15) is 19.4 Å². The maximum absolute atomic E-state index is 13.4. The molecule has 0 bridgehead atoms. The van der Waals surface area contributed by atoms with Crippen LogP contribution in [0.2, 0.25) is 5.02 Å². The van der Waals surface area contributed by atoms with Crippen molar-refractivity contribution < 1.29 is 13.6 Å². The van der Waals surface area contributed by atoms with Crippen LogP contribution < -0.4 is 15.9 Å². The number of nitrogens with zero attached hydrogens (tertiary/aromatic N) is 3. The Kier molecular flexibility index (Phi) is 6.12. The van der Waals surface area contributed by atoms with Gasteiger partial charge in [0.25, 0.3) is 5.56 Å². The van der Waals surface area contributed by atoms with E-state index >= 15 is 0 Å². The number of hydrogen-bond acceptors (Lipinski definition) is 4. The quantitative estimate of drug-likeness (QED) is 0.663. The SMILES string of the molecule is CCN(CC)c1nc2ccc(Cl)cc2c(=O)n1NC(=O)Cc1cc(F)cc(F)c1. The van der Waals surface area contributed by atoms with Gasteiger partial charge in [-0.25, -0.2) is 13.8 Å². The number of halogens is 3. The van der Waals surface area contributed by atoms with Gasteiger partial charge in [0.1, 0.15) is 11.6 Å². The van der Waals surface area contributed by atoms with Crippen LogP contribution >= 0.6 is 11.6 Å². The normalized spacial score (nSPS) is 10.9. The van der Waals surface area contributed by atoms with Crippen molar-refractivity contribution in [2.45, 2.75) is 20.3 Å². The molecule has 0 fully saturated rings. The van der Waals surface area contributed by atoms with Crippen molar-refractivity contribution >= 4 is 34.4 Å². The molecule has 0 saturated carbocycles. The van der Waals surface area contributed by atoms with Crippen molar-refractivity contribution in [3.63, 3.8) is 0 Å². The van der Waals surface area contributed by atoms with Gasteiger partial charge in [0.2, 0.25) is 11.9 Å². The lowest BCUT2D eigenvalue weighted by atomic mass is 10.1. The van der Waals surface area contributed by atoms with Gasteiger partial charge in [-0.2, -0.15) is 4.68 Å². The zero-order valence-corrected chi connectivity index (χ0v) is 16.6. The van der Waals surface area contributed by atoms with E-state index in [1.807, 2.05) is 13.8 Å². The summed E-state index contributed by atoms with van der Waals surface area (Å²) < 4.78 is 27.8. The molecular formula is C20H19ClF2N4O2. The number of nitrogens with one attached hydrogen (secondary N) is 1. The molecule has 0 unspecified atom stereocenters. The van der Waals surface area contributed by atoms with Gasteiger partial charge >= 0.3 is 0 Å². The first-order valence-electron chi connectivity index (χ1n) is 9.04. The van der Waals surface area contributed by atoms with Gasteiger partial charge in [0.05, 0.1) is 17.3 Å². The van der Waals surface area contributed by atoms with Gasteiger partial charge in [-0.05, 0) is 49.7 Å². The lowest BCUT2D eigenvalue weighted by Crippen LogP contribution is -2.40. The summed E-state index contributed by atoms with van der Waals surface area (Å²) in [7, 11) is 0. The van der Waals surface area contributed by atoms with Gasteiger partial charge in [-0.15, -0.1) is 0 Å². The van der Waals surface area contributed by atoms with Crippen molar-refractivity contribution in [3.8, 4) is 0 Å². The highest BCUT2D eigenvalue weighted by Gasteiger charge is 2.18. The summed E-state index contributed by atoms with van der Waals surface area (Å²) in [5, 5.41) is 0.602. The molecule has 0 saturated heterocycles. The topological polar surface area (TPSA) is 67.2 Å². The Morgan fingerprint density at radius 1 is 1.14 bits per heavy atom. The second-order valence-electron chi connectivity index (χ2n) is 6.38. The van der Waals surface area contributed by atoms with Gasteiger partial charge in [-0.1, -0.05) is 11.6 Å².